The summed E-state index contributed by atoms with van der Waals surface area (Å²) in [5, 5.41) is 0.600. The highest BCUT2D eigenvalue weighted by molar-refractivity contribution is 6.01. The molecule has 0 bridgehead atoms. The van der Waals surface area contributed by atoms with Crippen LogP contribution in [0, 0.1) is 5.41 Å². The van der Waals surface area contributed by atoms with Gasteiger partial charge in [-0.05, 0) is 19.8 Å². The maximum Gasteiger partial charge on any atom is 0.339 e. The summed E-state index contributed by atoms with van der Waals surface area (Å²) in [6, 6.07) is 0. The fourth-order valence-electron chi connectivity index (χ4n) is 1.88. The lowest BCUT2D eigenvalue weighted by atomic mass is 9.83. The van der Waals surface area contributed by atoms with Gasteiger partial charge in [0.25, 0.3) is 11.8 Å². The Morgan fingerprint density at radius 3 is 2.29 bits per heavy atom. The van der Waals surface area contributed by atoms with Crippen LogP contribution in [0.1, 0.15) is 32.6 Å². The second-order valence-electron chi connectivity index (χ2n) is 4.63. The fraction of sp³-hybridized carbons (Fsp3) is 0.727. The number of imide groups is 1. The van der Waals surface area contributed by atoms with Gasteiger partial charge in [-0.1, -0.05) is 0 Å². The summed E-state index contributed by atoms with van der Waals surface area (Å²) < 4.78 is 5.17. The van der Waals surface area contributed by atoms with E-state index in [2.05, 4.69) is 0 Å². The summed E-state index contributed by atoms with van der Waals surface area (Å²) in [6.45, 7) is 2.75. The van der Waals surface area contributed by atoms with E-state index in [-0.39, 0.29) is 12.8 Å². The largest absolute Gasteiger partial charge is 0.381 e. The van der Waals surface area contributed by atoms with Crippen molar-refractivity contribution in [2.75, 3.05) is 13.2 Å². The number of amides is 2. The van der Waals surface area contributed by atoms with Crippen molar-refractivity contribution in [3.05, 3.63) is 0 Å². The van der Waals surface area contributed by atoms with Gasteiger partial charge in [0.2, 0.25) is 0 Å². The first-order chi connectivity index (χ1) is 8.03. The molecule has 2 heterocycles. The Labute approximate surface area is 98.8 Å². The number of nitrogens with zero attached hydrogens (tertiary/aromatic N) is 1. The average Bonchev–Trinajstić information content (AvgIpc) is 2.62. The molecule has 2 aliphatic rings. The van der Waals surface area contributed by atoms with Crippen LogP contribution in [0.4, 0.5) is 0 Å². The predicted molar refractivity (Wildman–Crippen MR) is 55.3 cm³/mol. The number of hydroxylamine groups is 2. The van der Waals surface area contributed by atoms with E-state index in [1.54, 1.807) is 6.92 Å². The Kier molecular flexibility index (Phi) is 3.15. The minimum atomic E-state index is -0.665. The second-order valence-corrected chi connectivity index (χ2v) is 4.63. The number of carbonyl (C=O) groups is 3. The number of hydrogen-bond acceptors (Lipinski definition) is 5. The topological polar surface area (TPSA) is 72.9 Å². The van der Waals surface area contributed by atoms with E-state index in [9.17, 15) is 14.4 Å². The van der Waals surface area contributed by atoms with E-state index < -0.39 is 23.2 Å². The summed E-state index contributed by atoms with van der Waals surface area (Å²) in [4.78, 5) is 39.5. The molecule has 0 N–H and O–H groups in total. The lowest BCUT2D eigenvalue weighted by Gasteiger charge is -2.31. The van der Waals surface area contributed by atoms with Gasteiger partial charge >= 0.3 is 5.97 Å². The van der Waals surface area contributed by atoms with Crippen molar-refractivity contribution in [3.63, 3.8) is 0 Å². The maximum atomic E-state index is 11.9. The Morgan fingerprint density at radius 2 is 1.76 bits per heavy atom. The van der Waals surface area contributed by atoms with Gasteiger partial charge in [0.15, 0.2) is 0 Å². The Hall–Kier alpha value is -1.43. The Morgan fingerprint density at radius 1 is 1.24 bits per heavy atom. The molecule has 2 amide bonds. The van der Waals surface area contributed by atoms with Crippen molar-refractivity contribution < 1.29 is 24.0 Å². The van der Waals surface area contributed by atoms with Crippen molar-refractivity contribution >= 4 is 17.8 Å². The van der Waals surface area contributed by atoms with E-state index in [1.165, 1.54) is 0 Å². The minimum absolute atomic E-state index is 0.117. The van der Waals surface area contributed by atoms with Crippen LogP contribution in [-0.4, -0.2) is 36.1 Å². The molecule has 0 radical (unpaired) electrons. The van der Waals surface area contributed by atoms with Gasteiger partial charge in [-0.15, -0.1) is 5.06 Å². The summed E-state index contributed by atoms with van der Waals surface area (Å²) in [5.41, 5.74) is -0.665. The van der Waals surface area contributed by atoms with Crippen molar-refractivity contribution in [2.45, 2.75) is 32.6 Å². The molecule has 0 saturated carbocycles. The zero-order valence-electron chi connectivity index (χ0n) is 9.73. The number of rotatable bonds is 2. The van der Waals surface area contributed by atoms with Gasteiger partial charge in [-0.2, -0.15) is 0 Å². The van der Waals surface area contributed by atoms with Crippen LogP contribution in [0.15, 0.2) is 0 Å². The molecular formula is C11H15NO5. The van der Waals surface area contributed by atoms with Gasteiger partial charge in [0.1, 0.15) is 0 Å². The highest BCUT2D eigenvalue weighted by Crippen LogP contribution is 2.32. The summed E-state index contributed by atoms with van der Waals surface area (Å²) in [7, 11) is 0. The molecule has 6 nitrogen and oxygen atoms in total. The molecule has 2 fully saturated rings. The number of ether oxygens (including phenoxy) is 1. The molecule has 17 heavy (non-hydrogen) atoms. The first-order valence-corrected chi connectivity index (χ1v) is 5.69. The van der Waals surface area contributed by atoms with Crippen LogP contribution >= 0.6 is 0 Å². The van der Waals surface area contributed by atoms with E-state index in [4.69, 9.17) is 9.57 Å². The summed E-state index contributed by atoms with van der Waals surface area (Å²) >= 11 is 0. The molecule has 0 unspecified atom stereocenters. The second kappa shape index (κ2) is 4.44. The number of hydrogen-bond donors (Lipinski definition) is 0. The van der Waals surface area contributed by atoms with E-state index in [1.807, 2.05) is 0 Å². The lowest BCUT2D eigenvalue weighted by molar-refractivity contribution is -0.207. The molecular weight excluding hydrogens is 226 g/mol. The highest BCUT2D eigenvalue weighted by Gasteiger charge is 2.41. The maximum absolute atomic E-state index is 11.9. The predicted octanol–water partition coefficient (Wildman–Crippen LogP) is 0.410. The molecule has 0 aromatic carbocycles. The van der Waals surface area contributed by atoms with Crippen molar-refractivity contribution in [1.82, 2.24) is 5.06 Å². The molecule has 0 atom stereocenters. The number of carbonyl (C=O) groups excluding carboxylic acids is 3. The third kappa shape index (κ3) is 2.31. The minimum Gasteiger partial charge on any atom is -0.381 e. The third-order valence-corrected chi connectivity index (χ3v) is 3.27. The zero-order valence-corrected chi connectivity index (χ0v) is 9.73. The van der Waals surface area contributed by atoms with Crippen molar-refractivity contribution in [3.8, 4) is 0 Å². The van der Waals surface area contributed by atoms with Crippen molar-refractivity contribution in [2.24, 2.45) is 5.41 Å². The van der Waals surface area contributed by atoms with Crippen LogP contribution in [0.25, 0.3) is 0 Å². The summed E-state index contributed by atoms with van der Waals surface area (Å²) in [6.07, 6.45) is 1.32. The normalized spacial score (nSPS) is 23.9. The molecule has 0 aromatic heterocycles. The molecule has 94 valence electrons. The van der Waals surface area contributed by atoms with Gasteiger partial charge < -0.3 is 9.57 Å². The van der Waals surface area contributed by atoms with Crippen LogP contribution in [-0.2, 0) is 24.0 Å². The molecule has 0 spiro atoms. The van der Waals surface area contributed by atoms with Crippen LogP contribution in [0.3, 0.4) is 0 Å². The van der Waals surface area contributed by atoms with Gasteiger partial charge in [0.05, 0.1) is 5.41 Å². The molecule has 0 aromatic rings. The van der Waals surface area contributed by atoms with Crippen LogP contribution in [0.5, 0.6) is 0 Å². The monoisotopic (exact) mass is 241 g/mol. The van der Waals surface area contributed by atoms with Gasteiger partial charge in [-0.25, -0.2) is 4.79 Å². The molecule has 6 heteroatoms. The quantitative estimate of drug-likeness (QED) is 0.655. The van der Waals surface area contributed by atoms with Crippen molar-refractivity contribution in [1.29, 1.82) is 0 Å². The van der Waals surface area contributed by atoms with E-state index >= 15 is 0 Å². The zero-order chi connectivity index (χ0) is 12.5. The van der Waals surface area contributed by atoms with Gasteiger partial charge in [-0.3, -0.25) is 9.59 Å². The standard InChI is InChI=1S/C11H15NO5/c1-11(4-6-16-7-5-11)10(15)17-12-8(13)2-3-9(12)14/h2-7H2,1H3. The average molecular weight is 241 g/mol. The lowest BCUT2D eigenvalue weighted by Crippen LogP contribution is -2.41. The van der Waals surface area contributed by atoms with Crippen LogP contribution in [0.2, 0.25) is 0 Å². The smallest absolute Gasteiger partial charge is 0.339 e. The van der Waals surface area contributed by atoms with E-state index in [0.717, 1.165) is 0 Å². The molecule has 2 rings (SSSR count). The summed E-state index contributed by atoms with van der Waals surface area (Å²) in [5.74, 6) is -1.41. The third-order valence-electron chi connectivity index (χ3n) is 3.27. The first-order valence-electron chi connectivity index (χ1n) is 5.69. The van der Waals surface area contributed by atoms with E-state index in [0.29, 0.717) is 31.1 Å². The highest BCUT2D eigenvalue weighted by atomic mass is 16.7. The molecule has 2 aliphatic heterocycles. The Balaban J connectivity index is 2.00. The Bertz CT molecular complexity index is 343. The molecule has 2 saturated heterocycles. The fourth-order valence-corrected chi connectivity index (χ4v) is 1.88. The van der Waals surface area contributed by atoms with Crippen LogP contribution < -0.4 is 0 Å². The first kappa shape index (κ1) is 12.0. The SMILES string of the molecule is CC1(C(=O)ON2C(=O)CCC2=O)CCOCC1. The van der Waals surface area contributed by atoms with Gasteiger partial charge in [0, 0.05) is 26.1 Å². The molecule has 0 aliphatic carbocycles.